The van der Waals surface area contributed by atoms with Gasteiger partial charge >= 0.3 is 6.09 Å². The number of rotatable bonds is 1. The Balaban J connectivity index is 2.25. The van der Waals surface area contributed by atoms with E-state index in [0.29, 0.717) is 5.75 Å². The Hall–Kier alpha value is -1.51. The lowest BCUT2D eigenvalue weighted by Crippen LogP contribution is -2.16. The molecular formula is C10H11NO2. The van der Waals surface area contributed by atoms with E-state index >= 15 is 0 Å². The SMILES string of the molecule is NC(=O)Oc1ccc2c(c1)CCC2. The fraction of sp³-hybridized carbons (Fsp3) is 0.300. The normalized spacial score (nSPS) is 13.8. The van der Waals surface area contributed by atoms with Gasteiger partial charge in [-0.1, -0.05) is 6.07 Å². The first-order valence-electron chi connectivity index (χ1n) is 4.35. The molecule has 0 aromatic heterocycles. The number of nitrogens with two attached hydrogens (primary N) is 1. The summed E-state index contributed by atoms with van der Waals surface area (Å²) >= 11 is 0. The molecule has 0 fully saturated rings. The maximum atomic E-state index is 10.5. The van der Waals surface area contributed by atoms with E-state index in [2.05, 4.69) is 0 Å². The van der Waals surface area contributed by atoms with Crippen LogP contribution in [0.4, 0.5) is 4.79 Å². The van der Waals surface area contributed by atoms with Crippen molar-refractivity contribution in [3.63, 3.8) is 0 Å². The molecule has 1 aliphatic carbocycles. The van der Waals surface area contributed by atoms with Gasteiger partial charge < -0.3 is 10.5 Å². The largest absolute Gasteiger partial charge is 0.410 e. The van der Waals surface area contributed by atoms with Gasteiger partial charge in [0.25, 0.3) is 0 Å². The Kier molecular flexibility index (Phi) is 1.93. The van der Waals surface area contributed by atoms with Crippen LogP contribution < -0.4 is 10.5 Å². The molecule has 0 radical (unpaired) electrons. The highest BCUT2D eigenvalue weighted by molar-refractivity contribution is 5.68. The van der Waals surface area contributed by atoms with Gasteiger partial charge in [0.1, 0.15) is 5.75 Å². The van der Waals surface area contributed by atoms with E-state index in [1.54, 1.807) is 6.07 Å². The standard InChI is InChI=1S/C10H11NO2/c11-10(12)13-9-5-4-7-2-1-3-8(7)6-9/h4-6H,1-3H2,(H2,11,12). The zero-order valence-electron chi connectivity index (χ0n) is 7.25. The van der Waals surface area contributed by atoms with Crippen LogP contribution in [-0.2, 0) is 12.8 Å². The van der Waals surface area contributed by atoms with Crippen LogP contribution in [0.5, 0.6) is 5.75 Å². The van der Waals surface area contributed by atoms with Crippen LogP contribution in [0.2, 0.25) is 0 Å². The van der Waals surface area contributed by atoms with Crippen LogP contribution in [-0.4, -0.2) is 6.09 Å². The average molecular weight is 177 g/mol. The van der Waals surface area contributed by atoms with Gasteiger partial charge in [-0.2, -0.15) is 0 Å². The van der Waals surface area contributed by atoms with Gasteiger partial charge in [-0.3, -0.25) is 0 Å². The van der Waals surface area contributed by atoms with Crippen LogP contribution in [0.3, 0.4) is 0 Å². The van der Waals surface area contributed by atoms with Crippen molar-refractivity contribution in [1.82, 2.24) is 0 Å². The van der Waals surface area contributed by atoms with Gasteiger partial charge in [0.2, 0.25) is 0 Å². The molecule has 68 valence electrons. The Labute approximate surface area is 76.5 Å². The van der Waals surface area contributed by atoms with Crippen molar-refractivity contribution < 1.29 is 9.53 Å². The van der Waals surface area contributed by atoms with E-state index in [4.69, 9.17) is 10.5 Å². The van der Waals surface area contributed by atoms with Crippen LogP contribution in [0.15, 0.2) is 18.2 Å². The first-order valence-corrected chi connectivity index (χ1v) is 4.35. The van der Waals surface area contributed by atoms with Crippen molar-refractivity contribution in [1.29, 1.82) is 0 Å². The van der Waals surface area contributed by atoms with Crippen molar-refractivity contribution in [3.05, 3.63) is 29.3 Å². The van der Waals surface area contributed by atoms with Gasteiger partial charge in [0.05, 0.1) is 0 Å². The van der Waals surface area contributed by atoms with Gasteiger partial charge in [-0.25, -0.2) is 4.79 Å². The quantitative estimate of drug-likeness (QED) is 0.708. The Morgan fingerprint density at radius 1 is 1.31 bits per heavy atom. The number of aryl methyl sites for hydroxylation is 2. The van der Waals surface area contributed by atoms with E-state index in [9.17, 15) is 4.79 Å². The fourth-order valence-electron chi connectivity index (χ4n) is 1.73. The molecule has 1 amide bonds. The number of ether oxygens (including phenoxy) is 1. The van der Waals surface area contributed by atoms with Crippen molar-refractivity contribution in [2.75, 3.05) is 0 Å². The molecule has 3 nitrogen and oxygen atoms in total. The minimum absolute atomic E-state index is 0.549. The first kappa shape index (κ1) is 8.10. The van der Waals surface area contributed by atoms with E-state index in [1.807, 2.05) is 12.1 Å². The second-order valence-electron chi connectivity index (χ2n) is 3.21. The lowest BCUT2D eigenvalue weighted by atomic mass is 10.1. The maximum absolute atomic E-state index is 10.5. The number of carbonyl (C=O) groups is 1. The Bertz CT molecular complexity index is 347. The highest BCUT2D eigenvalue weighted by Crippen LogP contribution is 2.25. The summed E-state index contributed by atoms with van der Waals surface area (Å²) in [6.45, 7) is 0. The minimum atomic E-state index is -0.752. The molecule has 1 aromatic carbocycles. The Morgan fingerprint density at radius 2 is 2.08 bits per heavy atom. The Morgan fingerprint density at radius 3 is 2.85 bits per heavy atom. The molecular weight excluding hydrogens is 166 g/mol. The molecule has 2 N–H and O–H groups in total. The summed E-state index contributed by atoms with van der Waals surface area (Å²) in [6.07, 6.45) is 2.64. The number of hydrogen-bond donors (Lipinski definition) is 1. The number of carbonyl (C=O) groups excluding carboxylic acids is 1. The molecule has 0 bridgehead atoms. The molecule has 0 unspecified atom stereocenters. The van der Waals surface area contributed by atoms with Crippen molar-refractivity contribution in [2.45, 2.75) is 19.3 Å². The number of benzene rings is 1. The van der Waals surface area contributed by atoms with Crippen molar-refractivity contribution >= 4 is 6.09 Å². The summed E-state index contributed by atoms with van der Waals surface area (Å²) in [6, 6.07) is 5.68. The molecule has 0 spiro atoms. The smallest absolute Gasteiger partial charge is 0.409 e. The van der Waals surface area contributed by atoms with Gasteiger partial charge in [-0.05, 0) is 42.5 Å². The van der Waals surface area contributed by atoms with Crippen LogP contribution in [0.25, 0.3) is 0 Å². The third-order valence-electron chi connectivity index (χ3n) is 2.29. The summed E-state index contributed by atoms with van der Waals surface area (Å²) in [4.78, 5) is 10.5. The molecule has 1 aliphatic rings. The summed E-state index contributed by atoms with van der Waals surface area (Å²) < 4.78 is 4.78. The lowest BCUT2D eigenvalue weighted by molar-refractivity contribution is 0.211. The topological polar surface area (TPSA) is 52.3 Å². The van der Waals surface area contributed by atoms with E-state index in [1.165, 1.54) is 17.5 Å². The van der Waals surface area contributed by atoms with Crippen LogP contribution in [0, 0.1) is 0 Å². The number of primary amides is 1. The monoisotopic (exact) mass is 177 g/mol. The summed E-state index contributed by atoms with van der Waals surface area (Å²) in [5.41, 5.74) is 7.54. The highest BCUT2D eigenvalue weighted by Gasteiger charge is 2.11. The summed E-state index contributed by atoms with van der Waals surface area (Å²) in [5.74, 6) is 0.549. The maximum Gasteiger partial charge on any atom is 0.409 e. The summed E-state index contributed by atoms with van der Waals surface area (Å²) in [5, 5.41) is 0. The molecule has 2 rings (SSSR count). The van der Waals surface area contributed by atoms with Crippen LogP contribution >= 0.6 is 0 Å². The predicted octanol–water partition coefficient (Wildman–Crippen LogP) is 1.63. The van der Waals surface area contributed by atoms with E-state index < -0.39 is 6.09 Å². The molecule has 3 heteroatoms. The van der Waals surface area contributed by atoms with Crippen molar-refractivity contribution in [3.8, 4) is 5.75 Å². The third-order valence-corrected chi connectivity index (χ3v) is 2.29. The molecule has 0 saturated carbocycles. The lowest BCUT2D eigenvalue weighted by Gasteiger charge is -2.03. The minimum Gasteiger partial charge on any atom is -0.410 e. The van der Waals surface area contributed by atoms with Gasteiger partial charge in [-0.15, -0.1) is 0 Å². The second kappa shape index (κ2) is 3.09. The predicted molar refractivity (Wildman–Crippen MR) is 48.7 cm³/mol. The van der Waals surface area contributed by atoms with Crippen molar-refractivity contribution in [2.24, 2.45) is 5.73 Å². The number of hydrogen-bond acceptors (Lipinski definition) is 2. The highest BCUT2D eigenvalue weighted by atomic mass is 16.5. The average Bonchev–Trinajstić information content (AvgIpc) is 2.49. The molecule has 0 atom stereocenters. The zero-order chi connectivity index (χ0) is 9.26. The van der Waals surface area contributed by atoms with Gasteiger partial charge in [0.15, 0.2) is 0 Å². The second-order valence-corrected chi connectivity index (χ2v) is 3.21. The van der Waals surface area contributed by atoms with E-state index in [0.717, 1.165) is 12.8 Å². The first-order chi connectivity index (χ1) is 6.25. The number of amides is 1. The molecule has 0 saturated heterocycles. The fourth-order valence-corrected chi connectivity index (χ4v) is 1.73. The molecule has 1 aromatic rings. The third kappa shape index (κ3) is 1.64. The molecule has 13 heavy (non-hydrogen) atoms. The zero-order valence-corrected chi connectivity index (χ0v) is 7.25. The molecule has 0 heterocycles. The van der Waals surface area contributed by atoms with Crippen LogP contribution in [0.1, 0.15) is 17.5 Å². The summed E-state index contributed by atoms with van der Waals surface area (Å²) in [7, 11) is 0. The van der Waals surface area contributed by atoms with Gasteiger partial charge in [0, 0.05) is 0 Å². The number of fused-ring (bicyclic) bond motifs is 1. The molecule has 0 aliphatic heterocycles. The van der Waals surface area contributed by atoms with E-state index in [-0.39, 0.29) is 0 Å².